The van der Waals surface area contributed by atoms with Crippen molar-refractivity contribution < 1.29 is 9.90 Å². The van der Waals surface area contributed by atoms with Crippen LogP contribution >= 0.6 is 0 Å². The average Bonchev–Trinajstić information content (AvgIpc) is 2.25. The molecule has 1 atom stereocenters. The number of carbonyl (C=O) groups excluding carboxylic acids is 1. The summed E-state index contributed by atoms with van der Waals surface area (Å²) in [5.41, 5.74) is 5.15. The maximum absolute atomic E-state index is 11.8. The first-order valence-corrected chi connectivity index (χ1v) is 5.67. The molecule has 0 aliphatic heterocycles. The van der Waals surface area contributed by atoms with E-state index in [1.807, 2.05) is 19.0 Å². The van der Waals surface area contributed by atoms with Crippen LogP contribution in [0.1, 0.15) is 17.4 Å². The van der Waals surface area contributed by atoms with Gasteiger partial charge in [-0.3, -0.25) is 4.79 Å². The molecule has 0 aliphatic rings. The number of amides is 1. The number of aliphatic hydroxyl groups is 1. The van der Waals surface area contributed by atoms with Crippen LogP contribution in [0.4, 0.5) is 5.69 Å². The van der Waals surface area contributed by atoms with Crippen molar-refractivity contribution in [1.82, 2.24) is 15.2 Å². The molecule has 0 radical (unpaired) electrons. The molecule has 1 amide bonds. The summed E-state index contributed by atoms with van der Waals surface area (Å²) >= 11 is 0. The van der Waals surface area contributed by atoms with Crippen LogP contribution in [0.3, 0.4) is 0 Å². The minimum absolute atomic E-state index is 0.139. The van der Waals surface area contributed by atoms with Crippen molar-refractivity contribution in [2.24, 2.45) is 0 Å². The topological polar surface area (TPSA) is 91.5 Å². The number of rotatable bonds is 5. The van der Waals surface area contributed by atoms with E-state index in [0.717, 1.165) is 0 Å². The summed E-state index contributed by atoms with van der Waals surface area (Å²) < 4.78 is 0. The fraction of sp³-hybridized carbons (Fsp3) is 0.500. The first kappa shape index (κ1) is 14.4. The predicted molar refractivity (Wildman–Crippen MR) is 70.2 cm³/mol. The summed E-state index contributed by atoms with van der Waals surface area (Å²) in [6, 6.07) is 3.27. The minimum atomic E-state index is -0.997. The van der Waals surface area contributed by atoms with E-state index < -0.39 is 5.60 Å². The zero-order valence-corrected chi connectivity index (χ0v) is 11.0. The third-order valence-corrected chi connectivity index (χ3v) is 2.34. The Bertz CT molecular complexity index is 418. The Hall–Kier alpha value is -1.66. The normalized spacial score (nSPS) is 14.3. The largest absolute Gasteiger partial charge is 0.397 e. The first-order chi connectivity index (χ1) is 8.32. The molecular formula is C12H20N4O2. The average molecular weight is 252 g/mol. The van der Waals surface area contributed by atoms with E-state index in [0.29, 0.717) is 12.2 Å². The number of aromatic nitrogens is 1. The lowest BCUT2D eigenvalue weighted by Gasteiger charge is -2.27. The highest BCUT2D eigenvalue weighted by Gasteiger charge is 2.23. The summed E-state index contributed by atoms with van der Waals surface area (Å²) in [7, 11) is 3.71. The van der Waals surface area contributed by atoms with E-state index in [1.165, 1.54) is 6.20 Å². The van der Waals surface area contributed by atoms with E-state index in [9.17, 15) is 9.90 Å². The minimum Gasteiger partial charge on any atom is -0.397 e. The van der Waals surface area contributed by atoms with E-state index in [-0.39, 0.29) is 18.1 Å². The lowest BCUT2D eigenvalue weighted by atomic mass is 10.1. The van der Waals surface area contributed by atoms with Crippen LogP contribution in [0, 0.1) is 0 Å². The molecule has 100 valence electrons. The van der Waals surface area contributed by atoms with Crippen LogP contribution < -0.4 is 11.1 Å². The zero-order valence-electron chi connectivity index (χ0n) is 11.0. The summed E-state index contributed by atoms with van der Waals surface area (Å²) in [6.45, 7) is 2.25. The molecule has 0 aromatic carbocycles. The summed E-state index contributed by atoms with van der Waals surface area (Å²) in [6.07, 6.45) is 1.50. The first-order valence-electron chi connectivity index (χ1n) is 5.67. The molecule has 1 heterocycles. The molecule has 0 saturated heterocycles. The monoisotopic (exact) mass is 252 g/mol. The quantitative estimate of drug-likeness (QED) is 0.669. The molecule has 0 fully saturated rings. The number of anilines is 1. The molecule has 1 aromatic heterocycles. The molecule has 6 heteroatoms. The Morgan fingerprint density at radius 3 is 2.83 bits per heavy atom. The number of nitrogen functional groups attached to an aromatic ring is 1. The van der Waals surface area contributed by atoms with Crippen LogP contribution in [0.15, 0.2) is 18.3 Å². The molecule has 0 bridgehead atoms. The van der Waals surface area contributed by atoms with Crippen LogP contribution in [0.5, 0.6) is 0 Å². The van der Waals surface area contributed by atoms with Gasteiger partial charge in [-0.2, -0.15) is 0 Å². The molecule has 1 rings (SSSR count). The van der Waals surface area contributed by atoms with Gasteiger partial charge in [0.2, 0.25) is 0 Å². The van der Waals surface area contributed by atoms with Crippen molar-refractivity contribution in [3.63, 3.8) is 0 Å². The number of nitrogens with zero attached hydrogens (tertiary/aromatic N) is 2. The number of hydrogen-bond acceptors (Lipinski definition) is 5. The van der Waals surface area contributed by atoms with E-state index >= 15 is 0 Å². The van der Waals surface area contributed by atoms with Crippen LogP contribution in [0.25, 0.3) is 0 Å². The summed E-state index contributed by atoms with van der Waals surface area (Å²) in [4.78, 5) is 17.6. The molecule has 0 spiro atoms. The molecule has 0 aliphatic carbocycles. The lowest BCUT2D eigenvalue weighted by Crippen LogP contribution is -2.47. The van der Waals surface area contributed by atoms with Crippen LogP contribution in [-0.2, 0) is 0 Å². The van der Waals surface area contributed by atoms with Crippen molar-refractivity contribution in [2.75, 3.05) is 32.9 Å². The van der Waals surface area contributed by atoms with Crippen molar-refractivity contribution >= 4 is 11.6 Å². The number of carbonyl (C=O) groups is 1. The number of nitrogens with one attached hydrogen (secondary N) is 1. The van der Waals surface area contributed by atoms with Gasteiger partial charge in [-0.1, -0.05) is 0 Å². The second kappa shape index (κ2) is 5.79. The van der Waals surface area contributed by atoms with Gasteiger partial charge in [0.15, 0.2) is 5.69 Å². The highest BCUT2D eigenvalue weighted by atomic mass is 16.3. The Morgan fingerprint density at radius 2 is 2.28 bits per heavy atom. The number of likely N-dealkylation sites (N-methyl/N-ethyl adjacent to an activating group) is 1. The van der Waals surface area contributed by atoms with E-state index in [2.05, 4.69) is 10.3 Å². The summed E-state index contributed by atoms with van der Waals surface area (Å²) in [5.74, 6) is -0.382. The molecule has 18 heavy (non-hydrogen) atoms. The van der Waals surface area contributed by atoms with Gasteiger partial charge < -0.3 is 21.1 Å². The lowest BCUT2D eigenvalue weighted by molar-refractivity contribution is 0.0325. The maximum atomic E-state index is 11.8. The maximum Gasteiger partial charge on any atom is 0.272 e. The zero-order chi connectivity index (χ0) is 13.8. The van der Waals surface area contributed by atoms with E-state index in [1.54, 1.807) is 19.1 Å². The van der Waals surface area contributed by atoms with Crippen molar-refractivity contribution in [2.45, 2.75) is 12.5 Å². The highest BCUT2D eigenvalue weighted by molar-refractivity contribution is 5.97. The fourth-order valence-electron chi connectivity index (χ4n) is 1.70. The smallest absolute Gasteiger partial charge is 0.272 e. The predicted octanol–water partition coefficient (Wildman–Crippen LogP) is -0.294. The molecule has 1 aromatic rings. The van der Waals surface area contributed by atoms with Gasteiger partial charge in [0.1, 0.15) is 0 Å². The molecule has 0 saturated carbocycles. The van der Waals surface area contributed by atoms with Crippen LogP contribution in [-0.4, -0.2) is 53.7 Å². The van der Waals surface area contributed by atoms with Gasteiger partial charge in [0.05, 0.1) is 11.3 Å². The van der Waals surface area contributed by atoms with Gasteiger partial charge in [-0.15, -0.1) is 0 Å². The van der Waals surface area contributed by atoms with Crippen molar-refractivity contribution in [1.29, 1.82) is 0 Å². The summed E-state index contributed by atoms with van der Waals surface area (Å²) in [5, 5.41) is 12.7. The third-order valence-electron chi connectivity index (χ3n) is 2.34. The molecule has 6 nitrogen and oxygen atoms in total. The third kappa shape index (κ3) is 4.31. The standard InChI is InChI=1S/C12H20N4O2/c1-12(18,8-16(2)3)7-15-11(17)10-9(13)5-4-6-14-10/h4-6,18H,7-8,13H2,1-3H3,(H,15,17). The van der Waals surface area contributed by atoms with Gasteiger partial charge in [0, 0.05) is 19.3 Å². The van der Waals surface area contributed by atoms with E-state index in [4.69, 9.17) is 5.73 Å². The van der Waals surface area contributed by atoms with Crippen molar-refractivity contribution in [3.8, 4) is 0 Å². The van der Waals surface area contributed by atoms with Gasteiger partial charge in [-0.05, 0) is 33.2 Å². The Kier molecular flexibility index (Phi) is 4.63. The number of nitrogens with two attached hydrogens (primary N) is 1. The van der Waals surface area contributed by atoms with Gasteiger partial charge in [-0.25, -0.2) is 4.98 Å². The second-order valence-corrected chi connectivity index (χ2v) is 4.86. The van der Waals surface area contributed by atoms with Crippen molar-refractivity contribution in [3.05, 3.63) is 24.0 Å². The SMILES string of the molecule is CN(C)CC(C)(O)CNC(=O)c1ncccc1N. The molecule has 4 N–H and O–H groups in total. The Balaban J connectivity index is 2.59. The molecular weight excluding hydrogens is 232 g/mol. The highest BCUT2D eigenvalue weighted by Crippen LogP contribution is 2.08. The van der Waals surface area contributed by atoms with Gasteiger partial charge >= 0.3 is 0 Å². The number of pyridine rings is 1. The molecule has 1 unspecified atom stereocenters. The number of hydrogen-bond donors (Lipinski definition) is 3. The second-order valence-electron chi connectivity index (χ2n) is 4.86. The van der Waals surface area contributed by atoms with Gasteiger partial charge in [0.25, 0.3) is 5.91 Å². The fourth-order valence-corrected chi connectivity index (χ4v) is 1.70. The van der Waals surface area contributed by atoms with Crippen LogP contribution in [0.2, 0.25) is 0 Å². The Morgan fingerprint density at radius 1 is 1.61 bits per heavy atom. The Labute approximate surface area is 107 Å².